The van der Waals surface area contributed by atoms with Gasteiger partial charge in [0.1, 0.15) is 0 Å². The summed E-state index contributed by atoms with van der Waals surface area (Å²) >= 11 is 3.34. The van der Waals surface area contributed by atoms with Crippen LogP contribution in [-0.4, -0.2) is 37.5 Å². The lowest BCUT2D eigenvalue weighted by molar-refractivity contribution is 0.0911. The molecule has 1 amide bonds. The number of hydrogen-bond donors (Lipinski definition) is 3. The smallest absolute Gasteiger partial charge is 0.273 e. The third-order valence-electron chi connectivity index (χ3n) is 4.46. The van der Waals surface area contributed by atoms with Crippen LogP contribution < -0.4 is 10.9 Å². The molecule has 2 aromatic carbocycles. The van der Waals surface area contributed by atoms with E-state index in [1.165, 1.54) is 10.9 Å². The largest absolute Gasteiger partial charge is 0.387 e. The SMILES string of the molecule is O=C(NCC(O)c1ccc(Br)cc1)c1cn(-c2ccc3c(=O)[nH]ccc3c2)nn1. The number of H-pyrrole nitrogens is 1. The van der Waals surface area contributed by atoms with Crippen molar-refractivity contribution in [1.29, 1.82) is 0 Å². The number of hydrogen-bond acceptors (Lipinski definition) is 5. The van der Waals surface area contributed by atoms with Crippen LogP contribution in [0.25, 0.3) is 16.5 Å². The summed E-state index contributed by atoms with van der Waals surface area (Å²) in [7, 11) is 0. The summed E-state index contributed by atoms with van der Waals surface area (Å²) < 4.78 is 2.37. The molecule has 1 atom stereocenters. The van der Waals surface area contributed by atoms with Crippen LogP contribution in [0.3, 0.4) is 0 Å². The Morgan fingerprint density at radius 2 is 2.00 bits per heavy atom. The molecule has 0 fully saturated rings. The van der Waals surface area contributed by atoms with E-state index in [2.05, 4.69) is 36.5 Å². The molecule has 9 heteroatoms. The number of halogens is 1. The zero-order valence-corrected chi connectivity index (χ0v) is 16.6. The van der Waals surface area contributed by atoms with Gasteiger partial charge in [0.25, 0.3) is 11.5 Å². The van der Waals surface area contributed by atoms with Gasteiger partial charge in [-0.3, -0.25) is 9.59 Å². The minimum Gasteiger partial charge on any atom is -0.387 e. The molecule has 0 spiro atoms. The van der Waals surface area contributed by atoms with Crippen molar-refractivity contribution in [2.75, 3.05) is 6.54 Å². The van der Waals surface area contributed by atoms with Crippen LogP contribution in [-0.2, 0) is 0 Å². The van der Waals surface area contributed by atoms with Gasteiger partial charge in [0.15, 0.2) is 5.69 Å². The first-order valence-corrected chi connectivity index (χ1v) is 9.56. The fourth-order valence-corrected chi connectivity index (χ4v) is 3.16. The summed E-state index contributed by atoms with van der Waals surface area (Å²) in [6.07, 6.45) is 2.24. The highest BCUT2D eigenvalue weighted by atomic mass is 79.9. The third kappa shape index (κ3) is 4.10. The highest BCUT2D eigenvalue weighted by molar-refractivity contribution is 9.10. The summed E-state index contributed by atoms with van der Waals surface area (Å²) in [6.45, 7) is 0.0477. The van der Waals surface area contributed by atoms with Gasteiger partial charge in [-0.2, -0.15) is 0 Å². The Kier molecular flexibility index (Phi) is 5.24. The predicted octanol–water partition coefficient (Wildman–Crippen LogP) is 2.33. The van der Waals surface area contributed by atoms with Crippen LogP contribution in [0, 0.1) is 0 Å². The topological polar surface area (TPSA) is 113 Å². The molecule has 1 unspecified atom stereocenters. The molecule has 2 aromatic heterocycles. The lowest BCUT2D eigenvalue weighted by atomic mass is 10.1. The molecule has 4 aromatic rings. The molecule has 0 radical (unpaired) electrons. The molecular weight excluding hydrogens is 438 g/mol. The molecule has 2 heterocycles. The fourth-order valence-electron chi connectivity index (χ4n) is 2.90. The maximum absolute atomic E-state index is 12.3. The maximum Gasteiger partial charge on any atom is 0.273 e. The summed E-state index contributed by atoms with van der Waals surface area (Å²) in [5, 5.41) is 22.1. The summed E-state index contributed by atoms with van der Waals surface area (Å²) in [5.74, 6) is -0.440. The average molecular weight is 454 g/mol. The predicted molar refractivity (Wildman–Crippen MR) is 111 cm³/mol. The number of nitrogens with one attached hydrogen (secondary N) is 2. The lowest BCUT2D eigenvalue weighted by Crippen LogP contribution is -2.28. The fraction of sp³-hybridized carbons (Fsp3) is 0.100. The van der Waals surface area contributed by atoms with E-state index in [9.17, 15) is 14.7 Å². The van der Waals surface area contributed by atoms with Crippen molar-refractivity contribution >= 4 is 32.6 Å². The average Bonchev–Trinajstić information content (AvgIpc) is 3.23. The van der Waals surface area contributed by atoms with Crippen molar-refractivity contribution in [2.45, 2.75) is 6.10 Å². The van der Waals surface area contributed by atoms with E-state index in [0.29, 0.717) is 16.6 Å². The molecule has 0 aliphatic rings. The van der Waals surface area contributed by atoms with Crippen LogP contribution >= 0.6 is 15.9 Å². The quantitative estimate of drug-likeness (QED) is 0.429. The Hall–Kier alpha value is -3.30. The molecule has 0 aliphatic carbocycles. The zero-order valence-electron chi connectivity index (χ0n) is 15.0. The van der Waals surface area contributed by atoms with E-state index in [1.807, 2.05) is 12.1 Å². The van der Waals surface area contributed by atoms with Crippen molar-refractivity contribution in [1.82, 2.24) is 25.3 Å². The van der Waals surface area contributed by atoms with Crippen LogP contribution in [0.4, 0.5) is 0 Å². The molecule has 146 valence electrons. The number of fused-ring (bicyclic) bond motifs is 1. The van der Waals surface area contributed by atoms with E-state index < -0.39 is 12.0 Å². The van der Waals surface area contributed by atoms with Crippen LogP contribution in [0.5, 0.6) is 0 Å². The lowest BCUT2D eigenvalue weighted by Gasteiger charge is -2.11. The summed E-state index contributed by atoms with van der Waals surface area (Å²) in [6, 6.07) is 14.2. The Balaban J connectivity index is 1.46. The molecular formula is C20H16BrN5O3. The van der Waals surface area contributed by atoms with E-state index in [4.69, 9.17) is 0 Å². The first kappa shape index (κ1) is 19.0. The van der Waals surface area contributed by atoms with Gasteiger partial charge in [0.05, 0.1) is 18.0 Å². The van der Waals surface area contributed by atoms with Gasteiger partial charge in [-0.25, -0.2) is 4.68 Å². The van der Waals surface area contributed by atoms with Crippen molar-refractivity contribution in [2.24, 2.45) is 0 Å². The zero-order chi connectivity index (χ0) is 20.4. The van der Waals surface area contributed by atoms with Gasteiger partial charge in [0, 0.05) is 22.6 Å². The second-order valence-corrected chi connectivity index (χ2v) is 7.32. The second kappa shape index (κ2) is 7.98. The van der Waals surface area contributed by atoms with E-state index in [0.717, 1.165) is 9.86 Å². The van der Waals surface area contributed by atoms with Gasteiger partial charge < -0.3 is 15.4 Å². The minimum absolute atomic E-state index is 0.0477. The number of aromatic amines is 1. The second-order valence-electron chi connectivity index (χ2n) is 6.40. The van der Waals surface area contributed by atoms with Crippen molar-refractivity contribution < 1.29 is 9.90 Å². The summed E-state index contributed by atoms with van der Waals surface area (Å²) in [5.41, 5.74) is 1.32. The minimum atomic E-state index is -0.833. The molecule has 0 bridgehead atoms. The number of nitrogens with zero attached hydrogens (tertiary/aromatic N) is 3. The van der Waals surface area contributed by atoms with Crippen molar-refractivity contribution in [3.8, 4) is 5.69 Å². The number of aliphatic hydroxyl groups excluding tert-OH is 1. The standard InChI is InChI=1S/C20H16BrN5O3/c21-14-3-1-12(2-4-14)18(27)10-23-20(29)17-11-26(25-24-17)15-5-6-16-13(9-15)7-8-22-19(16)28/h1-9,11,18,27H,10H2,(H,22,28)(H,23,29). The number of rotatable bonds is 5. The Morgan fingerprint density at radius 3 is 2.79 bits per heavy atom. The first-order chi connectivity index (χ1) is 14.0. The van der Waals surface area contributed by atoms with Gasteiger partial charge in [-0.1, -0.05) is 33.3 Å². The van der Waals surface area contributed by atoms with Crippen LogP contribution in [0.1, 0.15) is 22.2 Å². The Morgan fingerprint density at radius 1 is 1.21 bits per heavy atom. The molecule has 3 N–H and O–H groups in total. The van der Waals surface area contributed by atoms with Crippen molar-refractivity contribution in [3.05, 3.63) is 87.0 Å². The van der Waals surface area contributed by atoms with Gasteiger partial charge in [-0.15, -0.1) is 5.10 Å². The molecule has 29 heavy (non-hydrogen) atoms. The Bertz CT molecular complexity index is 1230. The van der Waals surface area contributed by atoms with Gasteiger partial charge in [-0.05, 0) is 47.3 Å². The van der Waals surface area contributed by atoms with Crippen LogP contribution in [0.15, 0.2) is 70.2 Å². The molecule has 0 saturated carbocycles. The van der Waals surface area contributed by atoms with Crippen molar-refractivity contribution in [3.63, 3.8) is 0 Å². The van der Waals surface area contributed by atoms with E-state index >= 15 is 0 Å². The van der Waals surface area contributed by atoms with Crippen LogP contribution in [0.2, 0.25) is 0 Å². The first-order valence-electron chi connectivity index (χ1n) is 8.77. The maximum atomic E-state index is 12.3. The molecule has 0 aliphatic heterocycles. The number of benzene rings is 2. The number of amides is 1. The highest BCUT2D eigenvalue weighted by Crippen LogP contribution is 2.17. The number of pyridine rings is 1. The highest BCUT2D eigenvalue weighted by Gasteiger charge is 2.14. The number of carbonyl (C=O) groups excluding carboxylic acids is 1. The number of aliphatic hydroxyl groups is 1. The summed E-state index contributed by atoms with van der Waals surface area (Å²) in [4.78, 5) is 26.8. The molecule has 4 rings (SSSR count). The Labute approximate surface area is 173 Å². The van der Waals surface area contributed by atoms with E-state index in [-0.39, 0.29) is 17.8 Å². The van der Waals surface area contributed by atoms with E-state index in [1.54, 1.807) is 42.6 Å². The van der Waals surface area contributed by atoms with Gasteiger partial charge >= 0.3 is 0 Å². The molecule has 8 nitrogen and oxygen atoms in total. The monoisotopic (exact) mass is 453 g/mol. The van der Waals surface area contributed by atoms with Gasteiger partial charge in [0.2, 0.25) is 0 Å². The normalized spacial score (nSPS) is 12.1. The molecule has 0 saturated heterocycles. The number of carbonyl (C=O) groups is 1. The number of aromatic nitrogens is 4. The third-order valence-corrected chi connectivity index (χ3v) is 4.99.